The van der Waals surface area contributed by atoms with Crippen LogP contribution in [0.15, 0.2) is 90.0 Å². The van der Waals surface area contributed by atoms with Gasteiger partial charge >= 0.3 is 154 Å². The summed E-state index contributed by atoms with van der Waals surface area (Å²) in [6.07, 6.45) is 1.12. The Balaban J connectivity index is 1.12. The summed E-state index contributed by atoms with van der Waals surface area (Å²) < 4.78 is 34.1. The van der Waals surface area contributed by atoms with Gasteiger partial charge in [0.2, 0.25) is 0 Å². The Morgan fingerprint density at radius 1 is 0.912 bits per heavy atom. The number of nitrogens with zero attached hydrogens (tertiary/aromatic N) is 2. The van der Waals surface area contributed by atoms with Crippen LogP contribution >= 0.6 is 10.9 Å². The van der Waals surface area contributed by atoms with E-state index in [1.54, 1.807) is 48.2 Å². The Bertz CT molecular complexity index is 2520. The molecule has 298 valence electrons. The van der Waals surface area contributed by atoms with Crippen molar-refractivity contribution in [2.45, 2.75) is 39.5 Å². The summed E-state index contributed by atoms with van der Waals surface area (Å²) in [6.45, 7) is 5.03. The Hall–Kier alpha value is -5.27. The molecule has 16 heteroatoms. The van der Waals surface area contributed by atoms with Crippen LogP contribution < -0.4 is 41.6 Å². The Morgan fingerprint density at radius 3 is 2.40 bits per heavy atom. The maximum atomic E-state index is 14.4. The van der Waals surface area contributed by atoms with Gasteiger partial charge in [-0.05, 0) is 36.4 Å². The number of anilines is 2. The summed E-state index contributed by atoms with van der Waals surface area (Å²) in [6, 6.07) is 25.4. The van der Waals surface area contributed by atoms with Gasteiger partial charge in [0.25, 0.3) is 11.8 Å². The number of rotatable bonds is 14. The predicted molar refractivity (Wildman–Crippen MR) is 219 cm³/mol. The second kappa shape index (κ2) is 17.1. The molecule has 0 bridgehead atoms. The number of carbonyl (C=O) groups is 4. The van der Waals surface area contributed by atoms with Gasteiger partial charge in [0.05, 0.1) is 0 Å². The van der Waals surface area contributed by atoms with Gasteiger partial charge < -0.3 is 20.0 Å². The van der Waals surface area contributed by atoms with Crippen LogP contribution in [0.5, 0.6) is 5.75 Å². The number of carbonyl (C=O) groups excluding carboxylic acids is 4. The van der Waals surface area contributed by atoms with Crippen LogP contribution in [0.2, 0.25) is 0 Å². The van der Waals surface area contributed by atoms with Crippen molar-refractivity contribution in [1.82, 2.24) is 15.4 Å². The summed E-state index contributed by atoms with van der Waals surface area (Å²) >= 11 is -0.646. The van der Waals surface area contributed by atoms with Gasteiger partial charge in [0.15, 0.2) is 0 Å². The van der Waals surface area contributed by atoms with E-state index in [9.17, 15) is 28.3 Å². The van der Waals surface area contributed by atoms with Crippen molar-refractivity contribution in [2.75, 3.05) is 33.5 Å². The number of hydrazone groups is 1. The molecule has 1 unspecified atom stereocenters. The number of fused-ring (bicyclic) bond motifs is 5. The Kier molecular flexibility index (Phi) is 12.0. The number of benzene rings is 4. The van der Waals surface area contributed by atoms with Crippen molar-refractivity contribution in [2.24, 2.45) is 5.10 Å². The monoisotopic (exact) mass is 905 g/mol. The van der Waals surface area contributed by atoms with E-state index < -0.39 is 44.0 Å². The fourth-order valence-electron chi connectivity index (χ4n) is 6.78. The van der Waals surface area contributed by atoms with E-state index in [0.717, 1.165) is 32.7 Å². The SMILES string of the molecule is CCC[I-]C(=O)N/N=C(\C)CCS(O)(O)OCC1CN(C(=O)c2cc3cc(NC(=O)c4cc5ccccc5[nH]4)ccc3[nH]2)c2cc(OC(C)=O)c3ccccc3c21. The van der Waals surface area contributed by atoms with Crippen LogP contribution in [-0.2, 0) is 8.98 Å². The number of para-hydroxylation sites is 1. The molecule has 14 nitrogen and oxygen atoms in total. The third-order valence-electron chi connectivity index (χ3n) is 9.44. The number of hydrogen-bond donors (Lipinski definition) is 6. The first kappa shape index (κ1) is 39.9. The van der Waals surface area contributed by atoms with Gasteiger partial charge in [-0.25, -0.2) is 0 Å². The number of aromatic nitrogens is 2. The fourth-order valence-corrected chi connectivity index (χ4v) is 9.16. The molecule has 3 amide bonds. The summed E-state index contributed by atoms with van der Waals surface area (Å²) in [5, 5.41) is 10.0. The third-order valence-corrected chi connectivity index (χ3v) is 13.2. The predicted octanol–water partition coefficient (Wildman–Crippen LogP) is 5.38. The van der Waals surface area contributed by atoms with E-state index in [0.29, 0.717) is 39.1 Å². The van der Waals surface area contributed by atoms with Gasteiger partial charge in [-0.15, -0.1) is 0 Å². The number of amides is 3. The number of aromatic amines is 2. The Labute approximate surface area is 340 Å². The number of H-pyrrole nitrogens is 2. The standard InChI is InChI=1S/C41H42IN6O8S/c1-4-16-42-41(52)47-46-24(2)15-17-57(53,54)55-23-28-22-48(36-21-37(56-25(3)49)30-10-6-7-11-31(30)38(28)36)40(51)35-20-27-18-29(13-14-33(27)45-35)43-39(50)34-19-26-9-5-8-12-32(26)44-34/h5-14,18-21,28,44-45,53-54H,4,15-17,22-23H2,1-3H3,(H,43,50)(H,47,52)/q-1/b46-24+. The second-order valence-electron chi connectivity index (χ2n) is 13.7. The van der Waals surface area contributed by atoms with Gasteiger partial charge in [-0.1, -0.05) is 42.5 Å². The topological polar surface area (TPSA) is 198 Å². The molecule has 0 saturated heterocycles. The van der Waals surface area contributed by atoms with E-state index in [-0.39, 0.29) is 52.5 Å². The van der Waals surface area contributed by atoms with E-state index in [4.69, 9.17) is 8.92 Å². The first-order chi connectivity index (χ1) is 27.4. The quantitative estimate of drug-likeness (QED) is 0.0122. The minimum absolute atomic E-state index is 0.0936. The molecule has 1 aliphatic heterocycles. The third kappa shape index (κ3) is 9.15. The van der Waals surface area contributed by atoms with Crippen molar-refractivity contribution in [3.63, 3.8) is 0 Å². The Morgan fingerprint density at radius 2 is 1.63 bits per heavy atom. The van der Waals surface area contributed by atoms with Crippen LogP contribution in [0.1, 0.15) is 66.1 Å². The number of halogens is 1. The van der Waals surface area contributed by atoms with Crippen LogP contribution in [0, 0.1) is 0 Å². The van der Waals surface area contributed by atoms with Crippen LogP contribution in [0.4, 0.5) is 16.2 Å². The summed E-state index contributed by atoms with van der Waals surface area (Å²) in [5.74, 6) is -1.53. The van der Waals surface area contributed by atoms with Crippen molar-refractivity contribution in [3.8, 4) is 5.75 Å². The first-order valence-electron chi connectivity index (χ1n) is 18.3. The van der Waals surface area contributed by atoms with Crippen molar-refractivity contribution in [1.29, 1.82) is 0 Å². The molecule has 1 atom stereocenters. The van der Waals surface area contributed by atoms with Gasteiger partial charge in [0, 0.05) is 45.9 Å². The van der Waals surface area contributed by atoms with E-state index in [2.05, 4.69) is 25.8 Å². The normalized spacial score (nSPS) is 14.6. The van der Waals surface area contributed by atoms with E-state index >= 15 is 0 Å². The maximum absolute atomic E-state index is 14.4. The molecular formula is C41H42IN6O8S-. The van der Waals surface area contributed by atoms with Crippen LogP contribution in [0.25, 0.3) is 32.6 Å². The number of esters is 1. The van der Waals surface area contributed by atoms with Crippen LogP contribution in [0.3, 0.4) is 0 Å². The number of ether oxygens (including phenoxy) is 1. The van der Waals surface area contributed by atoms with Crippen molar-refractivity contribution < 1.29 is 58.4 Å². The number of hydrogen-bond acceptors (Lipinski definition) is 9. The van der Waals surface area contributed by atoms with Crippen molar-refractivity contribution in [3.05, 3.63) is 102 Å². The molecule has 0 aliphatic carbocycles. The van der Waals surface area contributed by atoms with Gasteiger partial charge in [-0.3, -0.25) is 14.4 Å². The number of alkyl halides is 1. The minimum atomic E-state index is -3.54. The molecule has 0 fully saturated rings. The van der Waals surface area contributed by atoms with Gasteiger partial charge in [-0.2, -0.15) is 0 Å². The average molecular weight is 906 g/mol. The molecule has 0 saturated carbocycles. The molecule has 0 radical (unpaired) electrons. The molecule has 6 aromatic rings. The molecule has 1 aliphatic rings. The molecule has 2 aromatic heterocycles. The van der Waals surface area contributed by atoms with Crippen molar-refractivity contribution >= 4 is 82.2 Å². The summed E-state index contributed by atoms with van der Waals surface area (Å²) in [7, 11) is -3.54. The zero-order valence-corrected chi connectivity index (χ0v) is 34.4. The summed E-state index contributed by atoms with van der Waals surface area (Å²) in [4.78, 5) is 59.6. The second-order valence-corrected chi connectivity index (χ2v) is 18.3. The molecule has 7 rings (SSSR count). The number of nitrogens with one attached hydrogen (secondary N) is 4. The zero-order valence-electron chi connectivity index (χ0n) is 31.4. The molecule has 4 aromatic carbocycles. The van der Waals surface area contributed by atoms with E-state index in [1.807, 2.05) is 55.5 Å². The van der Waals surface area contributed by atoms with Gasteiger partial charge in [0.1, 0.15) is 17.1 Å². The molecule has 0 spiro atoms. The fraction of sp³-hybridized carbons (Fsp3) is 0.244. The van der Waals surface area contributed by atoms with Crippen LogP contribution in [-0.4, -0.2) is 69.8 Å². The molecule has 6 N–H and O–H groups in total. The molecule has 3 heterocycles. The van der Waals surface area contributed by atoms with E-state index in [1.165, 1.54) is 6.92 Å². The first-order valence-corrected chi connectivity index (χ1v) is 22.5. The summed E-state index contributed by atoms with van der Waals surface area (Å²) in [5.41, 5.74) is 7.08. The molecular weight excluding hydrogens is 863 g/mol. The molecule has 57 heavy (non-hydrogen) atoms. The average Bonchev–Trinajstić information content (AvgIpc) is 3.93. The zero-order chi connectivity index (χ0) is 40.3.